The smallest absolute Gasteiger partial charge is 0.274 e. The standard InChI is InChI=1S/C10H14ClN3O/c1-13-4-3-9(12-13)10(15)14-5-2-8(6-11)7-14/h3-4,8H,2,5-7H2,1H3. The van der Waals surface area contributed by atoms with Crippen LogP contribution in [0.3, 0.4) is 0 Å². The van der Waals surface area contributed by atoms with E-state index < -0.39 is 0 Å². The maximum atomic E-state index is 11.9. The fourth-order valence-electron chi connectivity index (χ4n) is 1.83. The van der Waals surface area contributed by atoms with Crippen molar-refractivity contribution in [2.24, 2.45) is 13.0 Å². The third-order valence-electron chi connectivity index (χ3n) is 2.72. The molecule has 2 heterocycles. The Morgan fingerprint density at radius 3 is 3.07 bits per heavy atom. The number of alkyl halides is 1. The van der Waals surface area contributed by atoms with Crippen LogP contribution in [0, 0.1) is 5.92 Å². The summed E-state index contributed by atoms with van der Waals surface area (Å²) < 4.78 is 1.64. The fourth-order valence-corrected chi connectivity index (χ4v) is 2.09. The Morgan fingerprint density at radius 1 is 1.73 bits per heavy atom. The van der Waals surface area contributed by atoms with Gasteiger partial charge in [-0.05, 0) is 18.4 Å². The van der Waals surface area contributed by atoms with Gasteiger partial charge in [0.15, 0.2) is 0 Å². The number of carbonyl (C=O) groups is 1. The van der Waals surface area contributed by atoms with Gasteiger partial charge in [0, 0.05) is 32.2 Å². The summed E-state index contributed by atoms with van der Waals surface area (Å²) in [5.74, 6) is 1.09. The van der Waals surface area contributed by atoms with Gasteiger partial charge in [0.25, 0.3) is 5.91 Å². The number of hydrogen-bond donors (Lipinski definition) is 0. The van der Waals surface area contributed by atoms with Crippen LogP contribution >= 0.6 is 11.6 Å². The molecule has 0 aromatic carbocycles. The van der Waals surface area contributed by atoms with Gasteiger partial charge in [-0.3, -0.25) is 9.48 Å². The summed E-state index contributed by atoms with van der Waals surface area (Å²) in [5, 5.41) is 4.10. The third kappa shape index (κ3) is 2.15. The number of carbonyl (C=O) groups excluding carboxylic acids is 1. The van der Waals surface area contributed by atoms with Gasteiger partial charge in [0.05, 0.1) is 0 Å². The largest absolute Gasteiger partial charge is 0.337 e. The monoisotopic (exact) mass is 227 g/mol. The van der Waals surface area contributed by atoms with Gasteiger partial charge in [-0.25, -0.2) is 0 Å². The number of aryl methyl sites for hydroxylation is 1. The Kier molecular flexibility index (Phi) is 2.95. The number of aromatic nitrogens is 2. The van der Waals surface area contributed by atoms with Gasteiger partial charge < -0.3 is 4.90 Å². The molecule has 0 spiro atoms. The second-order valence-electron chi connectivity index (χ2n) is 3.93. The molecule has 1 aromatic heterocycles. The van der Waals surface area contributed by atoms with E-state index in [1.165, 1.54) is 0 Å². The molecular formula is C10H14ClN3O. The highest BCUT2D eigenvalue weighted by molar-refractivity contribution is 6.18. The van der Waals surface area contributed by atoms with Crippen LogP contribution in [0.25, 0.3) is 0 Å². The average Bonchev–Trinajstić information content (AvgIpc) is 2.84. The molecule has 15 heavy (non-hydrogen) atoms. The van der Waals surface area contributed by atoms with Crippen LogP contribution in [0.5, 0.6) is 0 Å². The van der Waals surface area contributed by atoms with E-state index in [2.05, 4.69) is 5.10 Å². The first kappa shape index (κ1) is 10.5. The second-order valence-corrected chi connectivity index (χ2v) is 4.24. The Labute approximate surface area is 93.8 Å². The fraction of sp³-hybridized carbons (Fsp3) is 0.600. The molecule has 1 aliphatic rings. The molecule has 1 amide bonds. The summed E-state index contributed by atoms with van der Waals surface area (Å²) in [5.41, 5.74) is 0.521. The van der Waals surface area contributed by atoms with E-state index in [1.807, 2.05) is 11.9 Å². The summed E-state index contributed by atoms with van der Waals surface area (Å²) >= 11 is 5.77. The zero-order valence-corrected chi connectivity index (χ0v) is 9.44. The summed E-state index contributed by atoms with van der Waals surface area (Å²) in [7, 11) is 1.81. The van der Waals surface area contributed by atoms with Gasteiger partial charge in [-0.15, -0.1) is 11.6 Å². The highest BCUT2D eigenvalue weighted by Crippen LogP contribution is 2.18. The molecule has 0 saturated carbocycles. The van der Waals surface area contributed by atoms with Crippen LogP contribution in [0.15, 0.2) is 12.3 Å². The molecule has 1 aliphatic heterocycles. The predicted molar refractivity (Wildman–Crippen MR) is 57.9 cm³/mol. The highest BCUT2D eigenvalue weighted by Gasteiger charge is 2.27. The lowest BCUT2D eigenvalue weighted by atomic mass is 10.2. The Hall–Kier alpha value is -1.03. The van der Waals surface area contributed by atoms with Crippen molar-refractivity contribution >= 4 is 17.5 Å². The summed E-state index contributed by atoms with van der Waals surface area (Å²) in [6, 6.07) is 1.75. The number of hydrogen-bond acceptors (Lipinski definition) is 2. The zero-order chi connectivity index (χ0) is 10.8. The van der Waals surface area contributed by atoms with Crippen molar-refractivity contribution in [2.75, 3.05) is 19.0 Å². The Balaban J connectivity index is 2.03. The lowest BCUT2D eigenvalue weighted by Crippen LogP contribution is -2.29. The van der Waals surface area contributed by atoms with Crippen LogP contribution in [0.2, 0.25) is 0 Å². The zero-order valence-electron chi connectivity index (χ0n) is 8.69. The predicted octanol–water partition coefficient (Wildman–Crippen LogP) is 1.12. The molecule has 2 rings (SSSR count). The molecule has 1 unspecified atom stereocenters. The first-order valence-electron chi connectivity index (χ1n) is 5.05. The molecule has 1 aromatic rings. The van der Waals surface area contributed by atoms with E-state index in [-0.39, 0.29) is 5.91 Å². The van der Waals surface area contributed by atoms with Gasteiger partial charge in [0.2, 0.25) is 0 Å². The lowest BCUT2D eigenvalue weighted by Gasteiger charge is -2.14. The summed E-state index contributed by atoms with van der Waals surface area (Å²) in [6.07, 6.45) is 2.78. The van der Waals surface area contributed by atoms with Crippen molar-refractivity contribution in [3.8, 4) is 0 Å². The molecule has 4 nitrogen and oxygen atoms in total. The van der Waals surface area contributed by atoms with Gasteiger partial charge in [0.1, 0.15) is 5.69 Å². The van der Waals surface area contributed by atoms with Crippen molar-refractivity contribution in [3.63, 3.8) is 0 Å². The van der Waals surface area contributed by atoms with E-state index in [0.29, 0.717) is 17.5 Å². The molecule has 0 bridgehead atoms. The van der Waals surface area contributed by atoms with Crippen LogP contribution < -0.4 is 0 Å². The molecule has 0 radical (unpaired) electrons. The molecule has 0 N–H and O–H groups in total. The minimum absolute atomic E-state index is 0.0169. The van der Waals surface area contributed by atoms with Gasteiger partial charge in [-0.2, -0.15) is 5.10 Å². The van der Waals surface area contributed by atoms with Crippen LogP contribution in [-0.4, -0.2) is 39.6 Å². The number of likely N-dealkylation sites (tertiary alicyclic amines) is 1. The van der Waals surface area contributed by atoms with Crippen molar-refractivity contribution in [2.45, 2.75) is 6.42 Å². The van der Waals surface area contributed by atoms with Crippen molar-refractivity contribution in [1.82, 2.24) is 14.7 Å². The molecule has 1 saturated heterocycles. The van der Waals surface area contributed by atoms with E-state index in [1.54, 1.807) is 16.9 Å². The minimum atomic E-state index is 0.0169. The van der Waals surface area contributed by atoms with E-state index in [0.717, 1.165) is 19.5 Å². The third-order valence-corrected chi connectivity index (χ3v) is 3.16. The Bertz CT molecular complexity index is 363. The number of rotatable bonds is 2. The van der Waals surface area contributed by atoms with Crippen LogP contribution in [0.1, 0.15) is 16.9 Å². The minimum Gasteiger partial charge on any atom is -0.337 e. The molecule has 0 aliphatic carbocycles. The normalized spacial score (nSPS) is 20.9. The first-order valence-corrected chi connectivity index (χ1v) is 5.59. The van der Waals surface area contributed by atoms with Crippen molar-refractivity contribution < 1.29 is 4.79 Å². The topological polar surface area (TPSA) is 38.1 Å². The summed E-state index contributed by atoms with van der Waals surface area (Å²) in [6.45, 7) is 1.56. The van der Waals surface area contributed by atoms with Gasteiger partial charge in [-0.1, -0.05) is 0 Å². The van der Waals surface area contributed by atoms with Gasteiger partial charge >= 0.3 is 0 Å². The van der Waals surface area contributed by atoms with Crippen LogP contribution in [-0.2, 0) is 7.05 Å². The maximum Gasteiger partial charge on any atom is 0.274 e. The van der Waals surface area contributed by atoms with E-state index in [9.17, 15) is 4.79 Å². The molecular weight excluding hydrogens is 214 g/mol. The van der Waals surface area contributed by atoms with E-state index >= 15 is 0 Å². The number of halogens is 1. The second kappa shape index (κ2) is 4.23. The quantitative estimate of drug-likeness (QED) is 0.711. The van der Waals surface area contributed by atoms with Crippen LogP contribution in [0.4, 0.5) is 0 Å². The number of amides is 1. The molecule has 82 valence electrons. The van der Waals surface area contributed by atoms with E-state index in [4.69, 9.17) is 11.6 Å². The highest BCUT2D eigenvalue weighted by atomic mass is 35.5. The number of nitrogens with zero attached hydrogens (tertiary/aromatic N) is 3. The first-order chi connectivity index (χ1) is 7.20. The molecule has 1 atom stereocenters. The SMILES string of the molecule is Cn1ccc(C(=O)N2CCC(CCl)C2)n1. The maximum absolute atomic E-state index is 11.9. The lowest BCUT2D eigenvalue weighted by molar-refractivity contribution is 0.0781. The average molecular weight is 228 g/mol. The molecule has 1 fully saturated rings. The Morgan fingerprint density at radius 2 is 2.53 bits per heavy atom. The summed E-state index contributed by atoms with van der Waals surface area (Å²) in [4.78, 5) is 13.8. The van der Waals surface area contributed by atoms with Crippen molar-refractivity contribution in [3.05, 3.63) is 18.0 Å². The van der Waals surface area contributed by atoms with Crippen molar-refractivity contribution in [1.29, 1.82) is 0 Å². The molecule has 5 heteroatoms.